The maximum atomic E-state index is 11.7. The van der Waals surface area contributed by atoms with E-state index in [0.717, 1.165) is 37.1 Å². The zero-order valence-electron chi connectivity index (χ0n) is 17.3. The molecule has 0 aliphatic heterocycles. The summed E-state index contributed by atoms with van der Waals surface area (Å²) in [5, 5.41) is 13.6. The van der Waals surface area contributed by atoms with Crippen molar-refractivity contribution in [1.82, 2.24) is 21.1 Å². The zero-order valence-corrected chi connectivity index (χ0v) is 19.6. The molecule has 1 aliphatic carbocycles. The molecule has 1 heterocycles. The molecule has 8 nitrogen and oxygen atoms in total. The molecule has 0 saturated heterocycles. The summed E-state index contributed by atoms with van der Waals surface area (Å²) in [7, 11) is 1.72. The lowest BCUT2D eigenvalue weighted by Gasteiger charge is -2.20. The average Bonchev–Trinajstić information content (AvgIpc) is 3.41. The van der Waals surface area contributed by atoms with Crippen molar-refractivity contribution in [3.63, 3.8) is 0 Å². The SMILES string of the molecule is CCOC(=O)NC(CNC(=NC)NCc1cc(C(CC)CC)no1)C1CC1.I. The molecule has 0 bridgehead atoms. The average molecular weight is 507 g/mol. The van der Waals surface area contributed by atoms with Gasteiger partial charge < -0.3 is 25.2 Å². The number of rotatable bonds is 10. The third-order valence-electron chi connectivity index (χ3n) is 4.89. The van der Waals surface area contributed by atoms with E-state index >= 15 is 0 Å². The van der Waals surface area contributed by atoms with Gasteiger partial charge in [-0.25, -0.2) is 4.79 Å². The van der Waals surface area contributed by atoms with E-state index < -0.39 is 0 Å². The van der Waals surface area contributed by atoms with Crippen LogP contribution in [0.3, 0.4) is 0 Å². The Morgan fingerprint density at radius 1 is 1.32 bits per heavy atom. The highest BCUT2D eigenvalue weighted by molar-refractivity contribution is 14.0. The Kier molecular flexibility index (Phi) is 11.2. The number of hydrogen-bond donors (Lipinski definition) is 3. The van der Waals surface area contributed by atoms with Crippen LogP contribution in [0.2, 0.25) is 0 Å². The second-order valence-corrected chi connectivity index (χ2v) is 6.85. The van der Waals surface area contributed by atoms with Crippen LogP contribution in [-0.2, 0) is 11.3 Å². The van der Waals surface area contributed by atoms with Crippen molar-refractivity contribution >= 4 is 36.0 Å². The molecular weight excluding hydrogens is 473 g/mol. The fourth-order valence-corrected chi connectivity index (χ4v) is 3.07. The summed E-state index contributed by atoms with van der Waals surface area (Å²) in [6, 6.07) is 2.04. The van der Waals surface area contributed by atoms with Crippen molar-refractivity contribution in [2.75, 3.05) is 20.2 Å². The molecule has 1 saturated carbocycles. The lowest BCUT2D eigenvalue weighted by molar-refractivity contribution is 0.146. The van der Waals surface area contributed by atoms with Crippen molar-refractivity contribution in [2.24, 2.45) is 10.9 Å². The van der Waals surface area contributed by atoms with E-state index in [1.54, 1.807) is 14.0 Å². The standard InChI is InChI=1S/C19H33N5O3.HI/c1-5-13(6-2)16-10-15(27-24-16)11-21-18(20-4)22-12-17(14-8-9-14)23-19(25)26-7-3;/h10,13-14,17H,5-9,11-12H2,1-4H3,(H,23,25)(H2,20,21,22);1H. The Morgan fingerprint density at radius 3 is 2.61 bits per heavy atom. The fourth-order valence-electron chi connectivity index (χ4n) is 3.07. The normalized spacial score (nSPS) is 15.0. The molecule has 1 fully saturated rings. The van der Waals surface area contributed by atoms with Gasteiger partial charge in [-0.15, -0.1) is 24.0 Å². The van der Waals surface area contributed by atoms with Gasteiger partial charge in [0.1, 0.15) is 0 Å². The quantitative estimate of drug-likeness (QED) is 0.255. The van der Waals surface area contributed by atoms with Crippen LogP contribution >= 0.6 is 24.0 Å². The Labute approximate surface area is 184 Å². The Bertz CT molecular complexity index is 614. The molecular formula is C19H34IN5O3. The van der Waals surface area contributed by atoms with Crippen molar-refractivity contribution in [1.29, 1.82) is 0 Å². The molecule has 1 aliphatic rings. The van der Waals surface area contributed by atoms with Gasteiger partial charge in [0, 0.05) is 25.6 Å². The summed E-state index contributed by atoms with van der Waals surface area (Å²) < 4.78 is 10.4. The Morgan fingerprint density at radius 2 is 2.04 bits per heavy atom. The van der Waals surface area contributed by atoms with Crippen LogP contribution in [0.5, 0.6) is 0 Å². The topological polar surface area (TPSA) is 101 Å². The van der Waals surface area contributed by atoms with Gasteiger partial charge in [-0.3, -0.25) is 4.99 Å². The maximum absolute atomic E-state index is 11.7. The molecule has 0 radical (unpaired) electrons. The molecule has 2 rings (SSSR count). The van der Waals surface area contributed by atoms with Crippen LogP contribution in [0.1, 0.15) is 63.8 Å². The number of aromatic nitrogens is 1. The molecule has 28 heavy (non-hydrogen) atoms. The first kappa shape index (κ1) is 24.5. The highest BCUT2D eigenvalue weighted by Gasteiger charge is 2.32. The molecule has 3 N–H and O–H groups in total. The van der Waals surface area contributed by atoms with E-state index in [0.29, 0.717) is 37.5 Å². The van der Waals surface area contributed by atoms with Gasteiger partial charge in [0.2, 0.25) is 0 Å². The second kappa shape index (κ2) is 12.8. The van der Waals surface area contributed by atoms with E-state index in [2.05, 4.69) is 39.9 Å². The van der Waals surface area contributed by atoms with Crippen molar-refractivity contribution in [3.8, 4) is 0 Å². The minimum atomic E-state index is -0.366. The van der Waals surface area contributed by atoms with Gasteiger partial charge in [0.05, 0.1) is 24.9 Å². The van der Waals surface area contributed by atoms with Crippen LogP contribution in [0, 0.1) is 5.92 Å². The monoisotopic (exact) mass is 507 g/mol. The first-order chi connectivity index (χ1) is 13.1. The maximum Gasteiger partial charge on any atom is 0.407 e. The Hall–Kier alpha value is -1.52. The molecule has 1 amide bonds. The largest absolute Gasteiger partial charge is 0.450 e. The minimum Gasteiger partial charge on any atom is -0.450 e. The van der Waals surface area contributed by atoms with Crippen LogP contribution in [0.25, 0.3) is 0 Å². The second-order valence-electron chi connectivity index (χ2n) is 6.85. The van der Waals surface area contributed by atoms with E-state index in [1.165, 1.54) is 0 Å². The summed E-state index contributed by atoms with van der Waals surface area (Å²) in [6.45, 7) is 7.59. The minimum absolute atomic E-state index is 0. The lowest BCUT2D eigenvalue weighted by atomic mass is 9.99. The summed E-state index contributed by atoms with van der Waals surface area (Å²) in [5.41, 5.74) is 1.01. The number of ether oxygens (including phenoxy) is 1. The van der Waals surface area contributed by atoms with Gasteiger partial charge in [-0.1, -0.05) is 19.0 Å². The number of nitrogens with one attached hydrogen (secondary N) is 3. The molecule has 9 heteroatoms. The predicted molar refractivity (Wildman–Crippen MR) is 120 cm³/mol. The van der Waals surface area contributed by atoms with Crippen LogP contribution < -0.4 is 16.0 Å². The number of aliphatic imine (C=N–C) groups is 1. The van der Waals surface area contributed by atoms with Crippen molar-refractivity contribution < 1.29 is 14.1 Å². The molecule has 1 unspecified atom stereocenters. The summed E-state index contributed by atoms with van der Waals surface area (Å²) in [4.78, 5) is 15.9. The van der Waals surface area contributed by atoms with Gasteiger partial charge in [0.25, 0.3) is 0 Å². The lowest BCUT2D eigenvalue weighted by Crippen LogP contribution is -2.48. The van der Waals surface area contributed by atoms with Gasteiger partial charge in [0.15, 0.2) is 11.7 Å². The van der Waals surface area contributed by atoms with Crippen molar-refractivity contribution in [3.05, 3.63) is 17.5 Å². The number of carbonyl (C=O) groups is 1. The third-order valence-corrected chi connectivity index (χ3v) is 4.89. The van der Waals surface area contributed by atoms with Crippen LogP contribution in [0.15, 0.2) is 15.6 Å². The molecule has 0 spiro atoms. The number of amides is 1. The molecule has 1 atom stereocenters. The summed E-state index contributed by atoms with van der Waals surface area (Å²) in [5.74, 6) is 2.38. The van der Waals surface area contributed by atoms with Crippen molar-refractivity contribution in [2.45, 2.75) is 65.0 Å². The smallest absolute Gasteiger partial charge is 0.407 e. The first-order valence-electron chi connectivity index (χ1n) is 9.94. The van der Waals surface area contributed by atoms with Crippen LogP contribution in [0.4, 0.5) is 4.79 Å². The number of alkyl carbamates (subject to hydrolysis) is 1. The van der Waals surface area contributed by atoms with Gasteiger partial charge in [-0.05, 0) is 38.5 Å². The molecule has 160 valence electrons. The summed E-state index contributed by atoms with van der Waals surface area (Å²) >= 11 is 0. The third kappa shape index (κ3) is 7.84. The highest BCUT2D eigenvalue weighted by atomic mass is 127. The van der Waals surface area contributed by atoms with E-state index in [4.69, 9.17) is 9.26 Å². The number of guanidine groups is 1. The van der Waals surface area contributed by atoms with E-state index in [-0.39, 0.29) is 36.1 Å². The zero-order chi connectivity index (χ0) is 19.6. The molecule has 0 aromatic carbocycles. The van der Waals surface area contributed by atoms with E-state index in [9.17, 15) is 4.79 Å². The van der Waals surface area contributed by atoms with Gasteiger partial charge in [-0.2, -0.15) is 0 Å². The van der Waals surface area contributed by atoms with Crippen LogP contribution in [-0.4, -0.2) is 43.5 Å². The fraction of sp³-hybridized carbons (Fsp3) is 0.737. The Balaban J connectivity index is 0.00000392. The number of nitrogens with zero attached hydrogens (tertiary/aromatic N) is 2. The molecule has 1 aromatic rings. The molecule has 1 aromatic heterocycles. The summed E-state index contributed by atoms with van der Waals surface area (Å²) in [6.07, 6.45) is 3.99. The first-order valence-corrected chi connectivity index (χ1v) is 9.94. The number of halogens is 1. The number of hydrogen-bond acceptors (Lipinski definition) is 5. The number of carbonyl (C=O) groups excluding carboxylic acids is 1. The highest BCUT2D eigenvalue weighted by Crippen LogP contribution is 2.32. The predicted octanol–water partition coefficient (Wildman–Crippen LogP) is 3.39. The van der Waals surface area contributed by atoms with E-state index in [1.807, 2.05) is 6.07 Å². The van der Waals surface area contributed by atoms with Gasteiger partial charge >= 0.3 is 6.09 Å².